The van der Waals surface area contributed by atoms with Gasteiger partial charge in [0.15, 0.2) is 6.10 Å². The zero-order valence-electron chi connectivity index (χ0n) is 21.3. The number of H-pyrrole nitrogens is 1. The Morgan fingerprint density at radius 2 is 1.82 bits per heavy atom. The summed E-state index contributed by atoms with van der Waals surface area (Å²) < 4.78 is 5.96. The quantitative estimate of drug-likeness (QED) is 0.345. The molecule has 1 amide bonds. The Labute approximate surface area is 231 Å². The van der Waals surface area contributed by atoms with Gasteiger partial charge in [-0.25, -0.2) is 4.98 Å². The number of aliphatic hydroxyl groups excluding tert-OH is 1. The number of para-hydroxylation sites is 2. The number of aromatic nitrogens is 2. The Bertz CT molecular complexity index is 1580. The monoisotopic (exact) mass is 541 g/mol. The summed E-state index contributed by atoms with van der Waals surface area (Å²) in [6, 6.07) is 23.9. The second kappa shape index (κ2) is 10.3. The van der Waals surface area contributed by atoms with Gasteiger partial charge in [-0.1, -0.05) is 60.1 Å². The minimum Gasteiger partial charge on any atom is -0.457 e. The van der Waals surface area contributed by atoms with E-state index < -0.39 is 12.0 Å². The van der Waals surface area contributed by atoms with E-state index in [1.165, 1.54) is 4.90 Å². The van der Waals surface area contributed by atoms with Crippen LogP contribution in [0.25, 0.3) is 0 Å². The van der Waals surface area contributed by atoms with E-state index in [0.717, 1.165) is 18.4 Å². The molecule has 8 heteroatoms. The molecule has 6 rings (SSSR count). The summed E-state index contributed by atoms with van der Waals surface area (Å²) in [5.74, 6) is 1.18. The van der Waals surface area contributed by atoms with Crippen LogP contribution in [-0.2, 0) is 23.2 Å². The van der Waals surface area contributed by atoms with E-state index in [2.05, 4.69) is 4.98 Å². The number of halogens is 1. The molecule has 0 spiro atoms. The van der Waals surface area contributed by atoms with Crippen LogP contribution in [0.15, 0.2) is 83.7 Å². The molecule has 1 saturated carbocycles. The zero-order chi connectivity index (χ0) is 27.0. The largest absolute Gasteiger partial charge is 0.457 e. The third kappa shape index (κ3) is 4.95. The van der Waals surface area contributed by atoms with Crippen molar-refractivity contribution in [2.75, 3.05) is 6.54 Å². The maximum absolute atomic E-state index is 13.5. The van der Waals surface area contributed by atoms with Gasteiger partial charge in [-0.15, -0.1) is 0 Å². The lowest BCUT2D eigenvalue weighted by Crippen LogP contribution is -2.36. The molecule has 2 heterocycles. The SMILES string of the molecule is O=C(C(O)c1ccccc1Oc1ccccc1)N1CCCc2nc(C3(c4cccc(Cl)c4)CC3)[nH]c(=O)c2C1. The number of fused-ring (bicyclic) bond motifs is 1. The molecule has 2 aliphatic rings. The molecule has 198 valence electrons. The average molecular weight is 542 g/mol. The fourth-order valence-corrected chi connectivity index (χ4v) is 5.52. The Kier molecular flexibility index (Phi) is 6.71. The second-order valence-corrected chi connectivity index (χ2v) is 10.6. The fraction of sp³-hybridized carbons (Fsp3) is 0.258. The average Bonchev–Trinajstić information content (AvgIpc) is 3.78. The number of amides is 1. The molecule has 1 unspecified atom stereocenters. The van der Waals surface area contributed by atoms with Crippen molar-refractivity contribution in [3.8, 4) is 11.5 Å². The van der Waals surface area contributed by atoms with Crippen molar-refractivity contribution in [3.63, 3.8) is 0 Å². The second-order valence-electron chi connectivity index (χ2n) is 10.2. The summed E-state index contributed by atoms with van der Waals surface area (Å²) in [7, 11) is 0. The van der Waals surface area contributed by atoms with Gasteiger partial charge in [0.2, 0.25) is 0 Å². The number of ether oxygens (including phenoxy) is 1. The zero-order valence-corrected chi connectivity index (χ0v) is 22.0. The number of aliphatic hydroxyl groups is 1. The van der Waals surface area contributed by atoms with Gasteiger partial charge in [0.1, 0.15) is 17.3 Å². The molecule has 3 aromatic carbocycles. The van der Waals surface area contributed by atoms with E-state index in [-0.39, 0.29) is 17.5 Å². The summed E-state index contributed by atoms with van der Waals surface area (Å²) in [6.45, 7) is 0.488. The van der Waals surface area contributed by atoms with Gasteiger partial charge in [-0.05, 0) is 61.6 Å². The maximum atomic E-state index is 13.5. The van der Waals surface area contributed by atoms with Gasteiger partial charge < -0.3 is 19.7 Å². The van der Waals surface area contributed by atoms with Gasteiger partial charge in [0, 0.05) is 17.1 Å². The highest BCUT2D eigenvalue weighted by Gasteiger charge is 2.48. The van der Waals surface area contributed by atoms with Crippen LogP contribution < -0.4 is 10.3 Å². The molecular weight excluding hydrogens is 514 g/mol. The van der Waals surface area contributed by atoms with Crippen LogP contribution in [0.3, 0.4) is 0 Å². The van der Waals surface area contributed by atoms with Gasteiger partial charge in [-0.3, -0.25) is 9.59 Å². The van der Waals surface area contributed by atoms with Crippen LogP contribution >= 0.6 is 11.6 Å². The minimum absolute atomic E-state index is 0.0831. The van der Waals surface area contributed by atoms with Crippen molar-refractivity contribution >= 4 is 17.5 Å². The first-order chi connectivity index (χ1) is 18.9. The summed E-state index contributed by atoms with van der Waals surface area (Å²) >= 11 is 6.24. The summed E-state index contributed by atoms with van der Waals surface area (Å²) in [6.07, 6.45) is 1.54. The van der Waals surface area contributed by atoms with Crippen LogP contribution in [0.1, 0.15) is 53.6 Å². The molecule has 1 aliphatic carbocycles. The van der Waals surface area contributed by atoms with Crippen LogP contribution in [-0.4, -0.2) is 32.4 Å². The van der Waals surface area contributed by atoms with E-state index >= 15 is 0 Å². The Hall–Kier alpha value is -3.94. The lowest BCUT2D eigenvalue weighted by molar-refractivity contribution is -0.141. The maximum Gasteiger partial charge on any atom is 0.256 e. The molecule has 1 aliphatic heterocycles. The minimum atomic E-state index is -1.43. The highest BCUT2D eigenvalue weighted by atomic mass is 35.5. The molecule has 0 saturated heterocycles. The van der Waals surface area contributed by atoms with E-state index in [0.29, 0.717) is 58.6 Å². The topological polar surface area (TPSA) is 95.5 Å². The summed E-state index contributed by atoms with van der Waals surface area (Å²) in [5.41, 5.74) is 2.01. The molecule has 39 heavy (non-hydrogen) atoms. The first-order valence-electron chi connectivity index (χ1n) is 13.1. The van der Waals surface area contributed by atoms with Crippen LogP contribution in [0.2, 0.25) is 5.02 Å². The Morgan fingerprint density at radius 1 is 1.05 bits per heavy atom. The predicted octanol–water partition coefficient (Wildman–Crippen LogP) is 5.30. The van der Waals surface area contributed by atoms with Gasteiger partial charge in [-0.2, -0.15) is 0 Å². The molecule has 1 atom stereocenters. The number of aromatic amines is 1. The smallest absolute Gasteiger partial charge is 0.256 e. The summed E-state index contributed by atoms with van der Waals surface area (Å²) in [4.78, 5) is 36.3. The molecule has 4 aromatic rings. The molecule has 0 bridgehead atoms. The number of hydrogen-bond donors (Lipinski definition) is 2. The van der Waals surface area contributed by atoms with E-state index in [1.807, 2.05) is 54.6 Å². The molecular formula is C31H28ClN3O4. The predicted molar refractivity (Wildman–Crippen MR) is 148 cm³/mol. The standard InChI is InChI=1S/C31H28ClN3O4/c32-21-9-6-8-20(18-21)31(15-16-31)30-33-25-13-7-17-35(19-24(25)28(37)34-30)29(38)27(36)23-12-4-5-14-26(23)39-22-10-2-1-3-11-22/h1-6,8-12,14,18,27,36H,7,13,15-17,19H2,(H,33,34,37). The highest BCUT2D eigenvalue weighted by molar-refractivity contribution is 6.30. The van der Waals surface area contributed by atoms with E-state index in [4.69, 9.17) is 21.3 Å². The molecule has 2 N–H and O–H groups in total. The van der Waals surface area contributed by atoms with Crippen molar-refractivity contribution in [2.45, 2.75) is 43.7 Å². The van der Waals surface area contributed by atoms with Gasteiger partial charge in [0.05, 0.1) is 23.2 Å². The van der Waals surface area contributed by atoms with Crippen molar-refractivity contribution < 1.29 is 14.6 Å². The van der Waals surface area contributed by atoms with Crippen LogP contribution in [0.4, 0.5) is 0 Å². The number of benzene rings is 3. The number of nitrogens with one attached hydrogen (secondary N) is 1. The number of aryl methyl sites for hydroxylation is 1. The third-order valence-electron chi connectivity index (χ3n) is 7.60. The first kappa shape index (κ1) is 25.3. The van der Waals surface area contributed by atoms with Crippen LogP contribution in [0, 0.1) is 0 Å². The Morgan fingerprint density at radius 3 is 2.59 bits per heavy atom. The van der Waals surface area contributed by atoms with Crippen molar-refractivity contribution in [1.82, 2.24) is 14.9 Å². The molecule has 1 fully saturated rings. The highest BCUT2D eigenvalue weighted by Crippen LogP contribution is 2.52. The van der Waals surface area contributed by atoms with Crippen molar-refractivity contribution in [3.05, 3.63) is 122 Å². The van der Waals surface area contributed by atoms with E-state index in [9.17, 15) is 14.7 Å². The molecule has 1 aromatic heterocycles. The van der Waals surface area contributed by atoms with Gasteiger partial charge >= 0.3 is 0 Å². The Balaban J connectivity index is 1.25. The van der Waals surface area contributed by atoms with Crippen LogP contribution in [0.5, 0.6) is 11.5 Å². The normalized spacial score (nSPS) is 16.6. The molecule has 0 radical (unpaired) electrons. The number of nitrogens with zero attached hydrogens (tertiary/aromatic N) is 2. The number of carbonyl (C=O) groups excluding carboxylic acids is 1. The number of hydrogen-bond acceptors (Lipinski definition) is 5. The lowest BCUT2D eigenvalue weighted by atomic mass is 9.94. The van der Waals surface area contributed by atoms with Gasteiger partial charge in [0.25, 0.3) is 11.5 Å². The van der Waals surface area contributed by atoms with Crippen molar-refractivity contribution in [1.29, 1.82) is 0 Å². The fourth-order valence-electron chi connectivity index (χ4n) is 5.33. The third-order valence-corrected chi connectivity index (χ3v) is 7.84. The molecule has 7 nitrogen and oxygen atoms in total. The lowest BCUT2D eigenvalue weighted by Gasteiger charge is -2.25. The number of rotatable bonds is 6. The first-order valence-corrected chi connectivity index (χ1v) is 13.5. The summed E-state index contributed by atoms with van der Waals surface area (Å²) in [5, 5.41) is 11.8. The number of carbonyl (C=O) groups is 1. The van der Waals surface area contributed by atoms with Crippen molar-refractivity contribution in [2.24, 2.45) is 0 Å². The van der Waals surface area contributed by atoms with E-state index in [1.54, 1.807) is 24.3 Å².